The van der Waals surface area contributed by atoms with Crippen LogP contribution < -0.4 is 4.74 Å². The van der Waals surface area contributed by atoms with Crippen molar-refractivity contribution in [2.24, 2.45) is 0 Å². The van der Waals surface area contributed by atoms with Crippen LogP contribution in [0.1, 0.15) is 5.56 Å². The molecule has 0 saturated carbocycles. The molecule has 0 aliphatic heterocycles. The molecule has 0 saturated heterocycles. The van der Waals surface area contributed by atoms with Crippen molar-refractivity contribution in [1.82, 2.24) is 4.98 Å². The molecule has 0 aliphatic carbocycles. The Kier molecular flexibility index (Phi) is 3.34. The molecule has 3 aromatic rings. The Morgan fingerprint density at radius 3 is 2.74 bits per heavy atom. The lowest BCUT2D eigenvalue weighted by molar-refractivity contribution is 0.485. The molecule has 19 heavy (non-hydrogen) atoms. The van der Waals surface area contributed by atoms with Crippen LogP contribution >= 0.6 is 11.6 Å². The normalized spacial score (nSPS) is 10.6. The maximum absolute atomic E-state index is 5.91. The maximum Gasteiger partial charge on any atom is 0.146 e. The van der Waals surface area contributed by atoms with E-state index in [1.807, 2.05) is 36.4 Å². The zero-order valence-corrected chi connectivity index (χ0v) is 11.0. The van der Waals surface area contributed by atoms with E-state index in [-0.39, 0.29) is 0 Å². The average molecular weight is 270 g/mol. The second-order valence-corrected chi connectivity index (χ2v) is 4.51. The predicted molar refractivity (Wildman–Crippen MR) is 77.8 cm³/mol. The molecule has 94 valence electrons. The highest BCUT2D eigenvalue weighted by Gasteiger charge is 2.03. The molecule has 0 spiro atoms. The second-order valence-electron chi connectivity index (χ2n) is 4.24. The molecule has 2 nitrogen and oxygen atoms in total. The summed E-state index contributed by atoms with van der Waals surface area (Å²) in [6, 6.07) is 16.0. The lowest BCUT2D eigenvalue weighted by atomic mass is 10.1. The summed E-state index contributed by atoms with van der Waals surface area (Å²) in [6.45, 7) is 0. The zero-order valence-electron chi connectivity index (χ0n) is 10.2. The summed E-state index contributed by atoms with van der Waals surface area (Å²) in [6.07, 6.45) is 3.43. The van der Waals surface area contributed by atoms with Gasteiger partial charge in [0.15, 0.2) is 0 Å². The van der Waals surface area contributed by atoms with Gasteiger partial charge in [0, 0.05) is 17.5 Å². The average Bonchev–Trinajstić information content (AvgIpc) is 2.48. The van der Waals surface area contributed by atoms with Crippen molar-refractivity contribution in [3.8, 4) is 11.5 Å². The van der Waals surface area contributed by atoms with Crippen LogP contribution in [0.2, 0.25) is 0 Å². The summed E-state index contributed by atoms with van der Waals surface area (Å²) >= 11 is 5.80. The van der Waals surface area contributed by atoms with E-state index in [1.165, 1.54) is 0 Å². The molecule has 0 bridgehead atoms. The Bertz CT molecular complexity index is 706. The van der Waals surface area contributed by atoms with Gasteiger partial charge in [-0.1, -0.05) is 36.4 Å². The van der Waals surface area contributed by atoms with E-state index in [1.54, 1.807) is 12.4 Å². The molecule has 0 N–H and O–H groups in total. The minimum atomic E-state index is 0.430. The first kappa shape index (κ1) is 12.0. The van der Waals surface area contributed by atoms with Gasteiger partial charge < -0.3 is 4.74 Å². The molecule has 0 atom stereocenters. The number of aromatic nitrogens is 1. The van der Waals surface area contributed by atoms with Gasteiger partial charge in [-0.25, -0.2) is 0 Å². The summed E-state index contributed by atoms with van der Waals surface area (Å²) in [5.41, 5.74) is 0.944. The number of nitrogens with zero attached hydrogens (tertiary/aromatic N) is 1. The van der Waals surface area contributed by atoms with E-state index in [0.717, 1.165) is 22.1 Å². The van der Waals surface area contributed by atoms with Gasteiger partial charge in [-0.3, -0.25) is 4.98 Å². The Morgan fingerprint density at radius 1 is 1.00 bits per heavy atom. The first-order valence-corrected chi connectivity index (χ1v) is 6.56. The van der Waals surface area contributed by atoms with Crippen LogP contribution in [0.3, 0.4) is 0 Å². The minimum absolute atomic E-state index is 0.430. The highest BCUT2D eigenvalue weighted by molar-refractivity contribution is 6.17. The molecule has 0 unspecified atom stereocenters. The minimum Gasteiger partial charge on any atom is -0.455 e. The van der Waals surface area contributed by atoms with Crippen LogP contribution in [0.5, 0.6) is 11.5 Å². The molecule has 0 aliphatic rings. The van der Waals surface area contributed by atoms with Crippen LogP contribution in [-0.4, -0.2) is 4.98 Å². The highest BCUT2D eigenvalue weighted by atomic mass is 35.5. The van der Waals surface area contributed by atoms with Crippen molar-refractivity contribution in [2.45, 2.75) is 5.88 Å². The number of ether oxygens (including phenoxy) is 1. The number of hydrogen-bond acceptors (Lipinski definition) is 2. The van der Waals surface area contributed by atoms with Gasteiger partial charge in [0.05, 0.1) is 6.20 Å². The molecule has 0 radical (unpaired) electrons. The number of hydrogen-bond donors (Lipinski definition) is 0. The quantitative estimate of drug-likeness (QED) is 0.639. The summed E-state index contributed by atoms with van der Waals surface area (Å²) in [7, 11) is 0. The number of rotatable bonds is 3. The Hall–Kier alpha value is -2.06. The molecule has 0 fully saturated rings. The lowest BCUT2D eigenvalue weighted by Crippen LogP contribution is -1.88. The van der Waals surface area contributed by atoms with E-state index < -0.39 is 0 Å². The van der Waals surface area contributed by atoms with Crippen molar-refractivity contribution in [3.63, 3.8) is 0 Å². The van der Waals surface area contributed by atoms with Crippen molar-refractivity contribution < 1.29 is 4.74 Å². The summed E-state index contributed by atoms with van der Waals surface area (Å²) < 4.78 is 5.91. The molecule has 2 aromatic carbocycles. The number of alkyl halides is 1. The largest absolute Gasteiger partial charge is 0.455 e. The van der Waals surface area contributed by atoms with E-state index in [4.69, 9.17) is 16.3 Å². The lowest BCUT2D eigenvalue weighted by Gasteiger charge is -2.09. The zero-order chi connectivity index (χ0) is 13.1. The van der Waals surface area contributed by atoms with Crippen molar-refractivity contribution in [2.75, 3.05) is 0 Å². The summed E-state index contributed by atoms with van der Waals surface area (Å²) in [5, 5.41) is 2.24. The fraction of sp³-hybridized carbons (Fsp3) is 0.0625. The van der Waals surface area contributed by atoms with E-state index in [9.17, 15) is 0 Å². The first-order chi connectivity index (χ1) is 9.36. The van der Waals surface area contributed by atoms with Gasteiger partial charge in [-0.15, -0.1) is 11.6 Å². The second kappa shape index (κ2) is 5.29. The highest BCUT2D eigenvalue weighted by Crippen LogP contribution is 2.29. The van der Waals surface area contributed by atoms with Crippen LogP contribution in [0.4, 0.5) is 0 Å². The fourth-order valence-electron chi connectivity index (χ4n) is 2.00. The third-order valence-electron chi connectivity index (χ3n) is 2.90. The van der Waals surface area contributed by atoms with Crippen LogP contribution in [0.25, 0.3) is 10.8 Å². The number of pyridine rings is 1. The maximum atomic E-state index is 5.91. The molecule has 1 aromatic heterocycles. The molecular weight excluding hydrogens is 258 g/mol. The summed E-state index contributed by atoms with van der Waals surface area (Å²) in [4.78, 5) is 4.12. The third-order valence-corrected chi connectivity index (χ3v) is 3.21. The van der Waals surface area contributed by atoms with Crippen molar-refractivity contribution in [3.05, 3.63) is 66.5 Å². The smallest absolute Gasteiger partial charge is 0.146 e. The SMILES string of the molecule is ClCc1cncc(Oc2cccc3ccccc23)c1. The van der Waals surface area contributed by atoms with Gasteiger partial charge in [0.2, 0.25) is 0 Å². The van der Waals surface area contributed by atoms with Crippen LogP contribution in [0.15, 0.2) is 60.9 Å². The van der Waals surface area contributed by atoms with Gasteiger partial charge in [-0.2, -0.15) is 0 Å². The first-order valence-electron chi connectivity index (χ1n) is 6.02. The Labute approximate surface area is 116 Å². The number of benzene rings is 2. The predicted octanol–water partition coefficient (Wildman–Crippen LogP) is 4.77. The molecule has 0 amide bonds. The van der Waals surface area contributed by atoms with Crippen molar-refractivity contribution >= 4 is 22.4 Å². The van der Waals surface area contributed by atoms with Crippen molar-refractivity contribution in [1.29, 1.82) is 0 Å². The number of halogens is 1. The molecule has 3 heteroatoms. The fourth-order valence-corrected chi connectivity index (χ4v) is 2.15. The Morgan fingerprint density at radius 2 is 1.84 bits per heavy atom. The van der Waals surface area contributed by atoms with Crippen LogP contribution in [0, 0.1) is 0 Å². The van der Waals surface area contributed by atoms with Gasteiger partial charge in [-0.05, 0) is 23.1 Å². The number of fused-ring (bicyclic) bond motifs is 1. The standard InChI is InChI=1S/C16H12ClNO/c17-9-12-8-14(11-18-10-12)19-16-7-3-5-13-4-1-2-6-15(13)16/h1-8,10-11H,9H2. The third kappa shape index (κ3) is 2.54. The van der Waals surface area contributed by atoms with Gasteiger partial charge in [0.1, 0.15) is 11.5 Å². The van der Waals surface area contributed by atoms with E-state index in [0.29, 0.717) is 11.6 Å². The summed E-state index contributed by atoms with van der Waals surface area (Å²) in [5.74, 6) is 1.96. The Balaban J connectivity index is 2.01. The molecular formula is C16H12ClNO. The van der Waals surface area contributed by atoms with Gasteiger partial charge in [0.25, 0.3) is 0 Å². The monoisotopic (exact) mass is 269 g/mol. The van der Waals surface area contributed by atoms with Gasteiger partial charge >= 0.3 is 0 Å². The van der Waals surface area contributed by atoms with E-state index >= 15 is 0 Å². The van der Waals surface area contributed by atoms with E-state index in [2.05, 4.69) is 17.1 Å². The molecule has 1 heterocycles. The van der Waals surface area contributed by atoms with Crippen LogP contribution in [-0.2, 0) is 5.88 Å². The molecule has 3 rings (SSSR count). The topological polar surface area (TPSA) is 22.1 Å².